The molecule has 14 nitrogen and oxygen atoms in total. The third kappa shape index (κ3) is 12.9. The van der Waals surface area contributed by atoms with E-state index in [9.17, 15) is 0 Å². The summed E-state index contributed by atoms with van der Waals surface area (Å²) in [6, 6.07) is 81.2. The normalized spacial score (nSPS) is 13.1. The first-order valence-corrected chi connectivity index (χ1v) is 37.0. The Morgan fingerprint density at radius 1 is 0.324 bits per heavy atom. The topological polar surface area (TPSA) is 174 Å². The van der Waals surface area contributed by atoms with E-state index in [0.717, 1.165) is 151 Å². The largest absolute Gasteiger partial charge is 0.495 e. The molecule has 8 aromatic heterocycles. The molecule has 0 spiro atoms. The maximum absolute atomic E-state index is 6.45. The molecule has 20 heteroatoms. The van der Waals surface area contributed by atoms with Crippen LogP contribution in [0.25, 0.3) is 174 Å². The van der Waals surface area contributed by atoms with Gasteiger partial charge in [0.2, 0.25) is 10.6 Å². The Bertz CT molecular complexity index is 6270. The van der Waals surface area contributed by atoms with E-state index >= 15 is 0 Å². The number of para-hydroxylation sites is 3. The molecular formula is C85H58BCl2N9O5S3. The highest BCUT2D eigenvalue weighted by Gasteiger charge is 2.52. The highest BCUT2D eigenvalue weighted by Crippen LogP contribution is 2.44. The number of fused-ring (bicyclic) bond motifs is 12. The molecule has 1 fully saturated rings. The minimum absolute atomic E-state index is 0.101. The zero-order valence-electron chi connectivity index (χ0n) is 57.2. The maximum Gasteiger partial charge on any atom is 0.495 e. The van der Waals surface area contributed by atoms with E-state index < -0.39 is 18.3 Å². The summed E-state index contributed by atoms with van der Waals surface area (Å²) in [7, 11) is -0.444. The summed E-state index contributed by atoms with van der Waals surface area (Å²) < 4.78 is 35.3. The average molecular weight is 1460 g/mol. The van der Waals surface area contributed by atoms with Crippen molar-refractivity contribution in [2.24, 2.45) is 0 Å². The molecule has 508 valence electrons. The summed E-state index contributed by atoms with van der Waals surface area (Å²) in [5.74, 6) is 7.51. The molecule has 105 heavy (non-hydrogen) atoms. The number of thiazole rings is 3. The van der Waals surface area contributed by atoms with Gasteiger partial charge in [-0.25, -0.2) is 29.9 Å². The molecule has 0 unspecified atom stereocenters. The summed E-state index contributed by atoms with van der Waals surface area (Å²) in [5.41, 5.74) is 14.6. The summed E-state index contributed by atoms with van der Waals surface area (Å²) in [4.78, 5) is 41.9. The maximum atomic E-state index is 6.45. The number of nitrogens with zero attached hydrogens (tertiary/aromatic N) is 9. The van der Waals surface area contributed by atoms with Crippen molar-refractivity contribution in [1.82, 2.24) is 44.9 Å². The molecule has 1 saturated heterocycles. The molecule has 1 aliphatic heterocycles. The van der Waals surface area contributed by atoms with Crippen LogP contribution in [0.5, 0.6) is 0 Å². The lowest BCUT2D eigenvalue weighted by molar-refractivity contribution is 0.00578. The molecule has 11 aromatic carbocycles. The number of halogens is 2. The second kappa shape index (κ2) is 27.7. The van der Waals surface area contributed by atoms with Crippen molar-refractivity contribution in [2.75, 3.05) is 0 Å². The van der Waals surface area contributed by atoms with Crippen LogP contribution < -0.4 is 5.46 Å². The van der Waals surface area contributed by atoms with Gasteiger partial charge in [-0.15, -0.1) is 45.9 Å². The summed E-state index contributed by atoms with van der Waals surface area (Å²) >= 11 is 16.4. The number of rotatable bonds is 8. The van der Waals surface area contributed by atoms with Crippen LogP contribution in [0.2, 0.25) is 10.6 Å². The second-order valence-electron chi connectivity index (χ2n) is 25.8. The van der Waals surface area contributed by atoms with Crippen molar-refractivity contribution in [2.45, 2.75) is 52.7 Å². The van der Waals surface area contributed by atoms with Gasteiger partial charge in [0.15, 0.2) is 23.3 Å². The number of hydrogen-bond donors (Lipinski definition) is 0. The van der Waals surface area contributed by atoms with Gasteiger partial charge in [-0.1, -0.05) is 133 Å². The van der Waals surface area contributed by atoms with E-state index in [0.29, 0.717) is 23.3 Å². The van der Waals surface area contributed by atoms with Gasteiger partial charge < -0.3 is 22.6 Å². The van der Waals surface area contributed by atoms with E-state index in [1.807, 2.05) is 166 Å². The minimum Gasteiger partial charge on any atom is -0.456 e. The second-order valence-corrected chi connectivity index (χ2v) is 29.6. The molecule has 0 amide bonds. The van der Waals surface area contributed by atoms with Gasteiger partial charge >= 0.3 is 7.12 Å². The Balaban J connectivity index is 0.000000138. The lowest BCUT2D eigenvalue weighted by Crippen LogP contribution is -2.41. The van der Waals surface area contributed by atoms with E-state index in [-0.39, 0.29) is 10.6 Å². The van der Waals surface area contributed by atoms with Gasteiger partial charge in [-0.05, 0) is 179 Å². The molecule has 1 aliphatic rings. The van der Waals surface area contributed by atoms with Crippen LogP contribution in [0.15, 0.2) is 256 Å². The summed E-state index contributed by atoms with van der Waals surface area (Å²) in [6.07, 6.45) is 0. The van der Waals surface area contributed by atoms with Crippen LogP contribution in [0.1, 0.15) is 41.5 Å². The fourth-order valence-corrected chi connectivity index (χ4v) is 16.1. The lowest BCUT2D eigenvalue weighted by atomic mass is 9.76. The highest BCUT2D eigenvalue weighted by atomic mass is 35.5. The summed E-state index contributed by atoms with van der Waals surface area (Å²) in [5, 5.41) is 9.04. The Morgan fingerprint density at radius 3 is 1.08 bits per heavy atom. The van der Waals surface area contributed by atoms with Crippen molar-refractivity contribution in [3.8, 4) is 89.1 Å². The van der Waals surface area contributed by atoms with Gasteiger partial charge in [0.25, 0.3) is 0 Å². The molecule has 9 heterocycles. The molecule has 0 radical (unpaired) electrons. The first kappa shape index (κ1) is 66.8. The summed E-state index contributed by atoms with van der Waals surface area (Å²) in [6.45, 7) is 11.9. The van der Waals surface area contributed by atoms with Gasteiger partial charge in [-0.2, -0.15) is 15.0 Å². The number of hydrogen-bond acceptors (Lipinski definition) is 17. The van der Waals surface area contributed by atoms with Crippen LogP contribution in [0, 0.1) is 11.8 Å². The first-order valence-electron chi connectivity index (χ1n) is 33.8. The van der Waals surface area contributed by atoms with Gasteiger partial charge in [0.1, 0.15) is 48.5 Å². The molecule has 19 aromatic rings. The number of aromatic nitrogens is 9. The number of furan rings is 3. The minimum atomic E-state index is -0.444. The van der Waals surface area contributed by atoms with E-state index in [2.05, 4.69) is 145 Å². The SMILES string of the molecule is CC#CC.CC1(C)OB(c2cccc3oc4ccc(-c5nc6ccccc6s5)cc4c23)OC1(C)C.Clc1nc(Cl)nc(-c2ccccc2)n1.c1ccc(-c2nc(-c3cccc4oc5ccc(-c6nc7ccccc7s6)cc5c34)nc(-c3cccc4oc5ccc(-c6nc7ccccc7s6)cc5c34)n2)cc1. The Hall–Kier alpha value is -11.4. The van der Waals surface area contributed by atoms with Crippen molar-refractivity contribution in [3.63, 3.8) is 0 Å². The third-order valence-corrected chi connectivity index (χ3v) is 22.3. The number of benzene rings is 11. The highest BCUT2D eigenvalue weighted by molar-refractivity contribution is 7.22. The van der Waals surface area contributed by atoms with Gasteiger partial charge in [0.05, 0.1) is 41.9 Å². The standard InChI is InChI=1S/C47H25N5O2S2.C25H22BNO3S.C9H5Cl2N3.C4H6/c1-2-10-26(11-3-1)43-50-44(29-12-8-16-37-41(29)31-24-27(20-22-35(31)53-37)46-48-33-14-4-6-18-39(33)55-46)52-45(51-43)30-13-9-17-38-42(30)32-25-28(21-23-36(32)54-38)47-49-34-15-5-7-19-40(34)56-47;1-24(2)25(3,4)30-26(29-24)17-8-7-10-20-22(17)16-14-15(12-13-19(16)28-20)23-27-18-9-5-6-11-21(18)31-23;10-8-12-7(13-9(11)14-8)6-4-2-1-3-5-6;1-3-4-2/h1-25H;5-14H,1-4H3;1-5H;1-2H3. The van der Waals surface area contributed by atoms with E-state index in [1.165, 1.54) is 4.70 Å². The molecule has 0 atom stereocenters. The van der Waals surface area contributed by atoms with E-state index in [4.69, 9.17) is 75.7 Å². The quantitative estimate of drug-likeness (QED) is 0.104. The van der Waals surface area contributed by atoms with Crippen LogP contribution in [-0.2, 0) is 9.31 Å². The van der Waals surface area contributed by atoms with Crippen molar-refractivity contribution in [3.05, 3.63) is 253 Å². The molecular weight excluding hydrogens is 1400 g/mol. The zero-order valence-corrected chi connectivity index (χ0v) is 61.2. The van der Waals surface area contributed by atoms with Crippen LogP contribution in [0.4, 0.5) is 0 Å². The predicted octanol–water partition coefficient (Wildman–Crippen LogP) is 23.3. The molecule has 0 bridgehead atoms. The molecule has 20 rings (SSSR count). The Labute approximate surface area is 624 Å². The lowest BCUT2D eigenvalue weighted by Gasteiger charge is -2.32. The Kier molecular flexibility index (Phi) is 17.6. The smallest absolute Gasteiger partial charge is 0.456 e. The van der Waals surface area contributed by atoms with Crippen molar-refractivity contribution in [1.29, 1.82) is 0 Å². The van der Waals surface area contributed by atoms with Crippen LogP contribution in [0.3, 0.4) is 0 Å². The van der Waals surface area contributed by atoms with Crippen LogP contribution in [-0.4, -0.2) is 63.2 Å². The van der Waals surface area contributed by atoms with Crippen molar-refractivity contribution < 1.29 is 22.6 Å². The molecule has 0 N–H and O–H groups in total. The fourth-order valence-electron chi connectivity index (χ4n) is 12.8. The Morgan fingerprint density at radius 2 is 0.676 bits per heavy atom. The van der Waals surface area contributed by atoms with Gasteiger partial charge in [0, 0.05) is 71.3 Å². The fraction of sp³-hybridized carbons (Fsp3) is 0.0941. The van der Waals surface area contributed by atoms with Gasteiger partial charge in [-0.3, -0.25) is 0 Å². The monoisotopic (exact) mass is 1460 g/mol. The third-order valence-electron chi connectivity index (χ3n) is 18.7. The average Bonchev–Trinajstić information content (AvgIpc) is 1.61. The van der Waals surface area contributed by atoms with Crippen molar-refractivity contribution >= 4 is 166 Å². The predicted molar refractivity (Wildman–Crippen MR) is 430 cm³/mol. The zero-order chi connectivity index (χ0) is 71.5. The van der Waals surface area contributed by atoms with Crippen LogP contribution >= 0.6 is 57.2 Å². The molecule has 0 aliphatic carbocycles. The van der Waals surface area contributed by atoms with E-state index in [1.54, 1.807) is 34.0 Å². The first-order chi connectivity index (χ1) is 51.2. The molecule has 0 saturated carbocycles.